The molecule has 5 nitrogen and oxygen atoms in total. The van der Waals surface area contributed by atoms with Crippen molar-refractivity contribution >= 4 is 17.3 Å². The average Bonchev–Trinajstić information content (AvgIpc) is 2.86. The Kier molecular flexibility index (Phi) is 3.79. The molecule has 2 rings (SSSR count). The van der Waals surface area contributed by atoms with Crippen molar-refractivity contribution in [3.63, 3.8) is 0 Å². The number of aromatic nitrogens is 2. The van der Waals surface area contributed by atoms with Crippen molar-refractivity contribution in [2.24, 2.45) is 0 Å². The second-order valence-electron chi connectivity index (χ2n) is 3.50. The molecular formula is C13H13N3O2. The highest BCUT2D eigenvalue weighted by Gasteiger charge is 2.08. The quantitative estimate of drug-likeness (QED) is 0.789. The number of aromatic amines is 1. The van der Waals surface area contributed by atoms with Gasteiger partial charge in [0.1, 0.15) is 0 Å². The zero-order valence-corrected chi connectivity index (χ0v) is 9.93. The van der Waals surface area contributed by atoms with E-state index in [1.54, 1.807) is 0 Å². The van der Waals surface area contributed by atoms with Crippen LogP contribution in [0.15, 0.2) is 36.5 Å². The molecule has 0 spiro atoms. The Labute approximate surface area is 105 Å². The maximum Gasteiger partial charge on any atom is 0.211 e. The lowest BCUT2D eigenvalue weighted by Crippen LogP contribution is -2.01. The van der Waals surface area contributed by atoms with Crippen LogP contribution >= 0.6 is 0 Å². The number of carbonyl (C=O) groups excluding carboxylic acids is 1. The highest BCUT2D eigenvalue weighted by atomic mass is 16.5. The molecule has 0 aliphatic rings. The molecule has 0 radical (unpaired) electrons. The Morgan fingerprint density at radius 1 is 1.44 bits per heavy atom. The average molecular weight is 243 g/mol. The highest BCUT2D eigenvalue weighted by Crippen LogP contribution is 2.16. The number of anilines is 1. The number of ether oxygens (including phenoxy) is 1. The molecular weight excluding hydrogens is 230 g/mol. The zero-order valence-electron chi connectivity index (χ0n) is 9.93. The molecule has 0 amide bonds. The minimum Gasteiger partial charge on any atom is -0.478 e. The van der Waals surface area contributed by atoms with Gasteiger partial charge in [-0.25, -0.2) is 9.78 Å². The summed E-state index contributed by atoms with van der Waals surface area (Å²) in [4.78, 5) is 17.9. The predicted octanol–water partition coefficient (Wildman–Crippen LogP) is 2.09. The van der Waals surface area contributed by atoms with E-state index in [4.69, 9.17) is 4.74 Å². The van der Waals surface area contributed by atoms with Gasteiger partial charge in [0.25, 0.3) is 0 Å². The van der Waals surface area contributed by atoms with Crippen molar-refractivity contribution in [2.75, 3.05) is 11.9 Å². The van der Waals surface area contributed by atoms with E-state index in [-0.39, 0.29) is 5.70 Å². The molecule has 1 heterocycles. The summed E-state index contributed by atoms with van der Waals surface area (Å²) in [6.45, 7) is 2.41. The molecule has 2 N–H and O–H groups in total. The van der Waals surface area contributed by atoms with Crippen LogP contribution in [0.5, 0.6) is 5.88 Å². The van der Waals surface area contributed by atoms with E-state index in [0.717, 1.165) is 5.69 Å². The lowest BCUT2D eigenvalue weighted by molar-refractivity contribution is 0.328. The van der Waals surface area contributed by atoms with Crippen LogP contribution < -0.4 is 10.1 Å². The van der Waals surface area contributed by atoms with Gasteiger partial charge in [-0.2, -0.15) is 0 Å². The van der Waals surface area contributed by atoms with Crippen LogP contribution in [0.3, 0.4) is 0 Å². The third-order valence-corrected chi connectivity index (χ3v) is 2.23. The van der Waals surface area contributed by atoms with Crippen LogP contribution in [0.2, 0.25) is 0 Å². The Bertz CT molecular complexity index is 557. The van der Waals surface area contributed by atoms with E-state index >= 15 is 0 Å². The Balaban J connectivity index is 2.16. The van der Waals surface area contributed by atoms with Crippen molar-refractivity contribution in [2.45, 2.75) is 6.92 Å². The largest absolute Gasteiger partial charge is 0.478 e. The van der Waals surface area contributed by atoms with Gasteiger partial charge in [0.05, 0.1) is 12.8 Å². The van der Waals surface area contributed by atoms with Gasteiger partial charge in [0.2, 0.25) is 5.88 Å². The second-order valence-corrected chi connectivity index (χ2v) is 3.50. The van der Waals surface area contributed by atoms with Gasteiger partial charge in [-0.1, -0.05) is 18.2 Å². The second kappa shape index (κ2) is 5.70. The molecule has 0 saturated carbocycles. The Morgan fingerprint density at radius 2 is 2.22 bits per heavy atom. The lowest BCUT2D eigenvalue weighted by atomic mass is 10.3. The van der Waals surface area contributed by atoms with Gasteiger partial charge >= 0.3 is 0 Å². The fraction of sp³-hybridized carbons (Fsp3) is 0.154. The lowest BCUT2D eigenvalue weighted by Gasteiger charge is -2.04. The molecule has 2 aromatic rings. The summed E-state index contributed by atoms with van der Waals surface area (Å²) in [5.41, 5.74) is 1.04. The summed E-state index contributed by atoms with van der Waals surface area (Å²) >= 11 is 0. The molecule has 0 saturated heterocycles. The van der Waals surface area contributed by atoms with E-state index in [2.05, 4.69) is 15.3 Å². The number of rotatable bonds is 5. The molecule has 92 valence electrons. The van der Waals surface area contributed by atoms with Crippen LogP contribution in [0, 0.1) is 0 Å². The summed E-state index contributed by atoms with van der Waals surface area (Å²) in [5.74, 6) is 2.75. The SMILES string of the molecule is CCOc1cnc(C(=C=O)Nc2ccccc2)[nH]1. The van der Waals surface area contributed by atoms with Gasteiger partial charge in [0.15, 0.2) is 17.5 Å². The summed E-state index contributed by atoms with van der Waals surface area (Å²) < 4.78 is 5.24. The van der Waals surface area contributed by atoms with Crippen LogP contribution in [0.25, 0.3) is 5.70 Å². The van der Waals surface area contributed by atoms with Gasteiger partial charge in [-0.3, -0.25) is 0 Å². The zero-order chi connectivity index (χ0) is 12.8. The first kappa shape index (κ1) is 12.0. The number of benzene rings is 1. The molecule has 18 heavy (non-hydrogen) atoms. The van der Waals surface area contributed by atoms with Gasteiger partial charge < -0.3 is 15.0 Å². The van der Waals surface area contributed by atoms with E-state index < -0.39 is 0 Å². The number of nitrogens with one attached hydrogen (secondary N) is 2. The first-order chi connectivity index (χ1) is 8.83. The summed E-state index contributed by atoms with van der Waals surface area (Å²) in [6.07, 6.45) is 1.53. The summed E-state index contributed by atoms with van der Waals surface area (Å²) in [5, 5.41) is 2.94. The van der Waals surface area contributed by atoms with Crippen LogP contribution in [0.4, 0.5) is 5.69 Å². The minimum absolute atomic E-state index is 0.243. The summed E-state index contributed by atoms with van der Waals surface area (Å²) in [7, 11) is 0. The fourth-order valence-electron chi connectivity index (χ4n) is 1.46. The predicted molar refractivity (Wildman–Crippen MR) is 68.9 cm³/mol. The first-order valence-corrected chi connectivity index (χ1v) is 5.59. The highest BCUT2D eigenvalue weighted by molar-refractivity contribution is 5.91. The van der Waals surface area contributed by atoms with Crippen molar-refractivity contribution < 1.29 is 9.53 Å². The van der Waals surface area contributed by atoms with Crippen LogP contribution in [-0.4, -0.2) is 22.5 Å². The molecule has 0 aliphatic carbocycles. The maximum atomic E-state index is 11.0. The molecule has 1 aromatic carbocycles. The van der Waals surface area contributed by atoms with E-state index in [9.17, 15) is 4.79 Å². The maximum absolute atomic E-state index is 11.0. The Hall–Kier alpha value is -2.52. The molecule has 0 bridgehead atoms. The molecule has 0 atom stereocenters. The van der Waals surface area contributed by atoms with E-state index in [1.807, 2.05) is 43.2 Å². The molecule has 1 aromatic heterocycles. The van der Waals surface area contributed by atoms with Gasteiger partial charge in [-0.15, -0.1) is 0 Å². The number of nitrogens with zero attached hydrogens (tertiary/aromatic N) is 1. The Morgan fingerprint density at radius 3 is 2.89 bits per heavy atom. The van der Waals surface area contributed by atoms with Crippen molar-refractivity contribution in [3.05, 3.63) is 42.4 Å². The molecule has 0 fully saturated rings. The van der Waals surface area contributed by atoms with Gasteiger partial charge in [-0.05, 0) is 19.1 Å². The third-order valence-electron chi connectivity index (χ3n) is 2.23. The van der Waals surface area contributed by atoms with Crippen LogP contribution in [0.1, 0.15) is 12.7 Å². The number of hydrogen-bond acceptors (Lipinski definition) is 4. The number of H-pyrrole nitrogens is 1. The smallest absolute Gasteiger partial charge is 0.211 e. The van der Waals surface area contributed by atoms with Gasteiger partial charge in [0, 0.05) is 5.69 Å². The molecule has 5 heteroatoms. The van der Waals surface area contributed by atoms with Crippen molar-refractivity contribution in [1.29, 1.82) is 0 Å². The van der Waals surface area contributed by atoms with Crippen molar-refractivity contribution in [3.8, 4) is 5.88 Å². The monoisotopic (exact) mass is 243 g/mol. The minimum atomic E-state index is 0.243. The third kappa shape index (κ3) is 2.78. The van der Waals surface area contributed by atoms with Crippen LogP contribution in [-0.2, 0) is 4.79 Å². The number of para-hydroxylation sites is 1. The normalized spacial score (nSPS) is 9.61. The van der Waals surface area contributed by atoms with Crippen molar-refractivity contribution in [1.82, 2.24) is 9.97 Å². The molecule has 0 aliphatic heterocycles. The van der Waals surface area contributed by atoms with E-state index in [0.29, 0.717) is 18.3 Å². The van der Waals surface area contributed by atoms with E-state index in [1.165, 1.54) is 6.20 Å². The standard InChI is InChI=1S/C13H13N3O2/c1-2-18-12-8-14-13(16-12)11(9-17)15-10-6-4-3-5-7-10/h3-8,15H,2H2,1H3,(H,14,16). The topological polar surface area (TPSA) is 67.0 Å². The fourth-order valence-corrected chi connectivity index (χ4v) is 1.46. The number of imidazole rings is 1. The summed E-state index contributed by atoms with van der Waals surface area (Å²) in [6, 6.07) is 9.35. The number of hydrogen-bond donors (Lipinski definition) is 2. The molecule has 0 unspecified atom stereocenters. The first-order valence-electron chi connectivity index (χ1n) is 5.59.